The molecular formula is C15H17N4O+. The molecule has 0 saturated carbocycles. The van der Waals surface area contributed by atoms with Crippen molar-refractivity contribution in [2.24, 2.45) is 4.99 Å². The largest absolute Gasteiger partial charge is 0.332 e. The van der Waals surface area contributed by atoms with E-state index in [2.05, 4.69) is 22.1 Å². The standard InChI is InChI=1S/C15H16N4O/c1-11-18(2)9-8-14-17-13(10-19(11)14)15(20)16-12-6-4-3-5-7-12/h3-11H,1-2H3,(H,16,20)/p+1. The van der Waals surface area contributed by atoms with Crippen molar-refractivity contribution in [1.82, 2.24) is 4.90 Å². The normalized spacial score (nSPS) is 24.0. The molecule has 2 N–H and O–H groups in total. The molecule has 102 valence electrons. The van der Waals surface area contributed by atoms with Gasteiger partial charge in [0.2, 0.25) is 5.84 Å². The first-order valence-electron chi connectivity index (χ1n) is 6.59. The molecule has 0 bridgehead atoms. The molecule has 2 heterocycles. The number of amides is 1. The zero-order chi connectivity index (χ0) is 14.1. The average Bonchev–Trinajstić information content (AvgIpc) is 2.89. The van der Waals surface area contributed by atoms with Crippen LogP contribution in [-0.4, -0.2) is 29.9 Å². The number of amidine groups is 1. The van der Waals surface area contributed by atoms with Gasteiger partial charge in [-0.15, -0.1) is 0 Å². The lowest BCUT2D eigenvalue weighted by Gasteiger charge is -2.29. The van der Waals surface area contributed by atoms with Gasteiger partial charge in [-0.2, -0.15) is 4.99 Å². The smallest absolute Gasteiger partial charge is 0.280 e. The van der Waals surface area contributed by atoms with E-state index < -0.39 is 0 Å². The molecule has 0 saturated heterocycles. The van der Waals surface area contributed by atoms with E-state index in [9.17, 15) is 4.79 Å². The van der Waals surface area contributed by atoms with Gasteiger partial charge in [-0.1, -0.05) is 18.2 Å². The van der Waals surface area contributed by atoms with Crippen LogP contribution < -0.4 is 10.2 Å². The van der Waals surface area contributed by atoms with Gasteiger partial charge in [-0.3, -0.25) is 4.79 Å². The molecule has 5 nitrogen and oxygen atoms in total. The van der Waals surface area contributed by atoms with Crippen molar-refractivity contribution < 1.29 is 9.69 Å². The van der Waals surface area contributed by atoms with Crippen molar-refractivity contribution in [1.29, 1.82) is 0 Å². The molecule has 1 amide bonds. The summed E-state index contributed by atoms with van der Waals surface area (Å²) in [6.07, 6.45) is 6.03. The van der Waals surface area contributed by atoms with Crippen LogP contribution in [0.2, 0.25) is 0 Å². The summed E-state index contributed by atoms with van der Waals surface area (Å²) in [6.45, 7) is 2.10. The van der Waals surface area contributed by atoms with Gasteiger partial charge in [0, 0.05) is 31.9 Å². The van der Waals surface area contributed by atoms with Gasteiger partial charge < -0.3 is 10.2 Å². The monoisotopic (exact) mass is 269 g/mol. The molecule has 0 aliphatic carbocycles. The van der Waals surface area contributed by atoms with Crippen molar-refractivity contribution in [3.63, 3.8) is 0 Å². The number of para-hydroxylation sites is 1. The fourth-order valence-corrected chi connectivity index (χ4v) is 2.29. The highest BCUT2D eigenvalue weighted by atomic mass is 16.2. The van der Waals surface area contributed by atoms with Crippen LogP contribution in [0.5, 0.6) is 0 Å². The van der Waals surface area contributed by atoms with Crippen molar-refractivity contribution in [3.8, 4) is 0 Å². The zero-order valence-corrected chi connectivity index (χ0v) is 11.5. The number of benzene rings is 1. The fraction of sp³-hybridized carbons (Fsp3) is 0.200. The third-order valence-electron chi connectivity index (χ3n) is 3.62. The predicted molar refractivity (Wildman–Crippen MR) is 77.9 cm³/mol. The van der Waals surface area contributed by atoms with E-state index in [-0.39, 0.29) is 12.1 Å². The van der Waals surface area contributed by atoms with Gasteiger partial charge in [0.25, 0.3) is 5.91 Å². The highest BCUT2D eigenvalue weighted by Crippen LogP contribution is 2.10. The molecule has 2 unspecified atom stereocenters. The van der Waals surface area contributed by atoms with Crippen LogP contribution in [0, 0.1) is 0 Å². The number of anilines is 1. The van der Waals surface area contributed by atoms with E-state index in [1.54, 1.807) is 0 Å². The Hall–Kier alpha value is -2.40. The maximum absolute atomic E-state index is 12.2. The van der Waals surface area contributed by atoms with Gasteiger partial charge in [0.05, 0.1) is 0 Å². The number of nitrogens with zero attached hydrogens (tertiary/aromatic N) is 2. The van der Waals surface area contributed by atoms with Crippen LogP contribution in [0.3, 0.4) is 0 Å². The van der Waals surface area contributed by atoms with E-state index >= 15 is 0 Å². The van der Waals surface area contributed by atoms with Crippen LogP contribution in [0.15, 0.2) is 59.5 Å². The Bertz CT molecular complexity index is 618. The molecule has 0 aromatic heterocycles. The van der Waals surface area contributed by atoms with E-state index in [1.165, 1.54) is 0 Å². The number of carbonyl (C=O) groups is 1. The van der Waals surface area contributed by atoms with Gasteiger partial charge in [0.1, 0.15) is 6.20 Å². The van der Waals surface area contributed by atoms with Crippen LogP contribution in [0.4, 0.5) is 5.69 Å². The third-order valence-corrected chi connectivity index (χ3v) is 3.62. The number of rotatable bonds is 2. The number of quaternary nitrogens is 1. The summed E-state index contributed by atoms with van der Waals surface area (Å²) in [4.78, 5) is 19.8. The van der Waals surface area contributed by atoms with Crippen LogP contribution in [-0.2, 0) is 4.79 Å². The zero-order valence-electron chi connectivity index (χ0n) is 11.5. The molecule has 5 heteroatoms. The summed E-state index contributed by atoms with van der Waals surface area (Å²) >= 11 is 0. The van der Waals surface area contributed by atoms with E-state index in [1.807, 2.05) is 55.9 Å². The predicted octanol–water partition coefficient (Wildman–Crippen LogP) is 0.569. The fourth-order valence-electron chi connectivity index (χ4n) is 2.29. The Balaban J connectivity index is 1.78. The Morgan fingerprint density at radius 1 is 1.35 bits per heavy atom. The first-order chi connectivity index (χ1) is 9.65. The lowest BCUT2D eigenvalue weighted by atomic mass is 10.3. The SMILES string of the molecule is CC1N(C)C=CC2=NC(C(=O)Nc3ccccc3)=C[NH+]21. The van der Waals surface area contributed by atoms with E-state index in [0.717, 1.165) is 16.4 Å². The minimum Gasteiger partial charge on any atom is -0.332 e. The highest BCUT2D eigenvalue weighted by molar-refractivity contribution is 6.06. The van der Waals surface area contributed by atoms with E-state index in [0.29, 0.717) is 5.70 Å². The summed E-state index contributed by atoms with van der Waals surface area (Å²) in [5.41, 5.74) is 1.24. The highest BCUT2D eigenvalue weighted by Gasteiger charge is 2.33. The lowest BCUT2D eigenvalue weighted by Crippen LogP contribution is -3.15. The number of carbonyl (C=O) groups excluding carboxylic acids is 1. The molecule has 2 atom stereocenters. The van der Waals surface area contributed by atoms with Crippen molar-refractivity contribution in [2.45, 2.75) is 13.1 Å². The summed E-state index contributed by atoms with van der Waals surface area (Å²) in [6, 6.07) is 9.41. The number of aliphatic imine (C=N–C) groups is 1. The molecule has 3 rings (SSSR count). The van der Waals surface area contributed by atoms with Crippen LogP contribution >= 0.6 is 0 Å². The summed E-state index contributed by atoms with van der Waals surface area (Å²) < 4.78 is 0. The molecule has 1 aromatic carbocycles. The lowest BCUT2D eigenvalue weighted by molar-refractivity contribution is -0.788. The first-order valence-corrected chi connectivity index (χ1v) is 6.59. The third kappa shape index (κ3) is 2.23. The maximum atomic E-state index is 12.2. The second kappa shape index (κ2) is 4.94. The summed E-state index contributed by atoms with van der Waals surface area (Å²) in [7, 11) is 2.01. The minimum absolute atomic E-state index is 0.172. The molecule has 20 heavy (non-hydrogen) atoms. The molecule has 0 fully saturated rings. The minimum atomic E-state index is -0.172. The molecule has 2 aliphatic heterocycles. The Morgan fingerprint density at radius 3 is 2.85 bits per heavy atom. The number of hydrogen-bond donors (Lipinski definition) is 2. The molecule has 0 radical (unpaired) electrons. The number of hydrogen-bond acceptors (Lipinski definition) is 3. The molecular weight excluding hydrogens is 252 g/mol. The van der Waals surface area contributed by atoms with Gasteiger partial charge in [-0.25, -0.2) is 4.90 Å². The molecule has 1 aromatic rings. The van der Waals surface area contributed by atoms with Crippen LogP contribution in [0.25, 0.3) is 0 Å². The second-order valence-electron chi connectivity index (χ2n) is 4.96. The Kier molecular flexibility index (Phi) is 3.12. The first kappa shape index (κ1) is 12.6. The van der Waals surface area contributed by atoms with Crippen molar-refractivity contribution in [2.75, 3.05) is 12.4 Å². The van der Waals surface area contributed by atoms with Gasteiger partial charge >= 0.3 is 0 Å². The van der Waals surface area contributed by atoms with Crippen LogP contribution in [0.1, 0.15) is 6.92 Å². The maximum Gasteiger partial charge on any atom is 0.280 e. The number of fused-ring (bicyclic) bond motifs is 1. The summed E-state index contributed by atoms with van der Waals surface area (Å²) in [5.74, 6) is 0.711. The van der Waals surface area contributed by atoms with E-state index in [4.69, 9.17) is 0 Å². The summed E-state index contributed by atoms with van der Waals surface area (Å²) in [5, 5.41) is 2.85. The number of nitrogens with one attached hydrogen (secondary N) is 2. The van der Waals surface area contributed by atoms with Crippen molar-refractivity contribution in [3.05, 3.63) is 54.5 Å². The Morgan fingerprint density at radius 2 is 2.10 bits per heavy atom. The Labute approximate surface area is 117 Å². The van der Waals surface area contributed by atoms with Gasteiger partial charge in [-0.05, 0) is 12.1 Å². The average molecular weight is 269 g/mol. The van der Waals surface area contributed by atoms with Crippen molar-refractivity contribution >= 4 is 17.4 Å². The topological polar surface area (TPSA) is 49.1 Å². The molecule has 2 aliphatic rings. The second-order valence-corrected chi connectivity index (χ2v) is 4.96. The molecule has 0 spiro atoms. The quantitative estimate of drug-likeness (QED) is 0.824. The van der Waals surface area contributed by atoms with Gasteiger partial charge in [0.15, 0.2) is 11.9 Å².